The molecule has 1 N–H and O–H groups in total. The molecular weight excluding hydrogens is 375 g/mol. The maximum absolute atomic E-state index is 12.6. The fourth-order valence-electron chi connectivity index (χ4n) is 2.94. The third kappa shape index (κ3) is 3.20. The molecule has 0 bridgehead atoms. The van der Waals surface area contributed by atoms with Gasteiger partial charge in [0.1, 0.15) is 6.04 Å². The minimum absolute atomic E-state index is 0.311. The quantitative estimate of drug-likeness (QED) is 0.805. The number of hydrogen-bond acceptors (Lipinski definition) is 3. The Morgan fingerprint density at radius 1 is 1.00 bits per heavy atom. The number of hydrogen-bond donors (Lipinski definition) is 1. The number of nitrogens with one attached hydrogen (secondary N) is 1. The molecule has 0 saturated heterocycles. The molecule has 0 radical (unpaired) electrons. The molecule has 2 aromatic rings. The van der Waals surface area contributed by atoms with Gasteiger partial charge in [-0.1, -0.05) is 41.4 Å². The smallest absolute Gasteiger partial charge is 0.262 e. The second-order valence-electron chi connectivity index (χ2n) is 6.10. The zero-order chi connectivity index (χ0) is 19.0. The van der Waals surface area contributed by atoms with Gasteiger partial charge in [-0.15, -0.1) is 0 Å². The number of rotatable bonds is 4. The van der Waals surface area contributed by atoms with Crippen molar-refractivity contribution in [1.82, 2.24) is 10.2 Å². The van der Waals surface area contributed by atoms with Crippen LogP contribution in [0.15, 0.2) is 42.5 Å². The van der Waals surface area contributed by atoms with Gasteiger partial charge in [0.2, 0.25) is 5.91 Å². The highest BCUT2D eigenvalue weighted by atomic mass is 35.5. The van der Waals surface area contributed by atoms with Crippen molar-refractivity contribution in [3.8, 4) is 0 Å². The molecule has 2 aromatic carbocycles. The summed E-state index contributed by atoms with van der Waals surface area (Å²) in [5.41, 5.74) is 1.32. The Labute approximate surface area is 160 Å². The standard InChI is InChI=1S/C19H16Cl2N2O3/c1-10(13-8-7-12(20)9-16(13)21)22-17(24)11(2)23-18(25)14-5-3-4-6-15(14)19(23)26/h3-11H,1-2H3,(H,22,24)/t10-,11-/m0/s1. The number of carbonyl (C=O) groups excluding carboxylic acids is 3. The number of fused-ring (bicyclic) bond motifs is 1. The highest BCUT2D eigenvalue weighted by Gasteiger charge is 2.40. The van der Waals surface area contributed by atoms with Gasteiger partial charge in [0, 0.05) is 10.0 Å². The minimum Gasteiger partial charge on any atom is -0.348 e. The Hall–Kier alpha value is -2.37. The van der Waals surface area contributed by atoms with Gasteiger partial charge in [-0.25, -0.2) is 0 Å². The second kappa shape index (κ2) is 7.09. The molecule has 3 rings (SSSR count). The normalized spacial score (nSPS) is 15.6. The molecule has 0 aliphatic carbocycles. The first-order chi connectivity index (χ1) is 12.3. The molecule has 26 heavy (non-hydrogen) atoms. The average Bonchev–Trinajstić information content (AvgIpc) is 2.85. The van der Waals surface area contributed by atoms with Crippen LogP contribution in [0.2, 0.25) is 10.0 Å². The van der Waals surface area contributed by atoms with Gasteiger partial charge in [-0.05, 0) is 43.7 Å². The van der Waals surface area contributed by atoms with Crippen molar-refractivity contribution in [2.45, 2.75) is 25.9 Å². The van der Waals surface area contributed by atoms with E-state index in [1.165, 1.54) is 6.92 Å². The monoisotopic (exact) mass is 390 g/mol. The Kier molecular flexibility index (Phi) is 5.03. The predicted molar refractivity (Wildman–Crippen MR) is 99.4 cm³/mol. The molecule has 134 valence electrons. The Balaban J connectivity index is 1.76. The molecule has 5 nitrogen and oxygen atoms in total. The number of imide groups is 1. The van der Waals surface area contributed by atoms with Crippen molar-refractivity contribution in [3.05, 3.63) is 69.2 Å². The van der Waals surface area contributed by atoms with E-state index in [2.05, 4.69) is 5.32 Å². The lowest BCUT2D eigenvalue weighted by atomic mass is 10.1. The fourth-order valence-corrected chi connectivity index (χ4v) is 3.51. The first kappa shape index (κ1) is 18.4. The van der Waals surface area contributed by atoms with E-state index in [9.17, 15) is 14.4 Å². The Morgan fingerprint density at radius 2 is 1.58 bits per heavy atom. The van der Waals surface area contributed by atoms with Gasteiger partial charge in [-0.2, -0.15) is 0 Å². The second-order valence-corrected chi connectivity index (χ2v) is 6.94. The summed E-state index contributed by atoms with van der Waals surface area (Å²) in [7, 11) is 0. The van der Waals surface area contributed by atoms with E-state index in [0.717, 1.165) is 4.90 Å². The third-order valence-corrected chi connectivity index (χ3v) is 4.94. The van der Waals surface area contributed by atoms with Crippen LogP contribution in [0.1, 0.15) is 46.2 Å². The molecule has 2 atom stereocenters. The van der Waals surface area contributed by atoms with Crippen LogP contribution < -0.4 is 5.32 Å². The number of halogens is 2. The highest BCUT2D eigenvalue weighted by Crippen LogP contribution is 2.27. The lowest BCUT2D eigenvalue weighted by Gasteiger charge is -2.24. The Morgan fingerprint density at radius 3 is 2.12 bits per heavy atom. The topological polar surface area (TPSA) is 66.5 Å². The predicted octanol–water partition coefficient (Wildman–Crippen LogP) is 3.86. The lowest BCUT2D eigenvalue weighted by Crippen LogP contribution is -2.48. The first-order valence-corrected chi connectivity index (χ1v) is 8.79. The van der Waals surface area contributed by atoms with Crippen LogP contribution in [0, 0.1) is 0 Å². The summed E-state index contributed by atoms with van der Waals surface area (Å²) in [5, 5.41) is 3.71. The molecule has 0 fully saturated rings. The van der Waals surface area contributed by atoms with Crippen molar-refractivity contribution in [2.24, 2.45) is 0 Å². The zero-order valence-corrected chi connectivity index (χ0v) is 15.6. The van der Waals surface area contributed by atoms with Crippen LogP contribution in [0.25, 0.3) is 0 Å². The third-order valence-electron chi connectivity index (χ3n) is 4.38. The number of amides is 3. The summed E-state index contributed by atoms with van der Waals surface area (Å²) >= 11 is 12.1. The van der Waals surface area contributed by atoms with Gasteiger partial charge in [0.05, 0.1) is 17.2 Å². The van der Waals surface area contributed by atoms with Crippen LogP contribution in [-0.4, -0.2) is 28.7 Å². The van der Waals surface area contributed by atoms with E-state index in [4.69, 9.17) is 23.2 Å². The van der Waals surface area contributed by atoms with Crippen LogP contribution in [-0.2, 0) is 4.79 Å². The van der Waals surface area contributed by atoms with Crippen LogP contribution in [0.4, 0.5) is 0 Å². The molecule has 1 heterocycles. The highest BCUT2D eigenvalue weighted by molar-refractivity contribution is 6.35. The van der Waals surface area contributed by atoms with Crippen molar-refractivity contribution in [1.29, 1.82) is 0 Å². The SMILES string of the molecule is C[C@H](NC(=O)[C@H](C)N1C(=O)c2ccccc2C1=O)c1ccc(Cl)cc1Cl. The molecule has 7 heteroatoms. The van der Waals surface area contributed by atoms with E-state index in [1.54, 1.807) is 49.4 Å². The van der Waals surface area contributed by atoms with E-state index >= 15 is 0 Å². The lowest BCUT2D eigenvalue weighted by molar-refractivity contribution is -0.125. The first-order valence-electron chi connectivity index (χ1n) is 8.03. The molecule has 1 aliphatic rings. The van der Waals surface area contributed by atoms with Crippen molar-refractivity contribution >= 4 is 40.9 Å². The minimum atomic E-state index is -0.948. The molecule has 0 aromatic heterocycles. The maximum Gasteiger partial charge on any atom is 0.262 e. The van der Waals surface area contributed by atoms with Gasteiger partial charge in [0.25, 0.3) is 11.8 Å². The molecule has 0 spiro atoms. The number of carbonyl (C=O) groups is 3. The maximum atomic E-state index is 12.6. The van der Waals surface area contributed by atoms with Gasteiger partial charge in [0.15, 0.2) is 0 Å². The largest absolute Gasteiger partial charge is 0.348 e. The summed E-state index contributed by atoms with van der Waals surface area (Å²) in [4.78, 5) is 38.6. The number of benzene rings is 2. The van der Waals surface area contributed by atoms with Gasteiger partial charge < -0.3 is 5.32 Å². The Bertz CT molecular complexity index is 878. The molecule has 1 aliphatic heterocycles. The van der Waals surface area contributed by atoms with E-state index in [0.29, 0.717) is 26.7 Å². The van der Waals surface area contributed by atoms with E-state index in [1.807, 2.05) is 0 Å². The van der Waals surface area contributed by atoms with Gasteiger partial charge >= 0.3 is 0 Å². The molecular formula is C19H16Cl2N2O3. The van der Waals surface area contributed by atoms with Crippen molar-refractivity contribution in [3.63, 3.8) is 0 Å². The fraction of sp³-hybridized carbons (Fsp3) is 0.211. The summed E-state index contributed by atoms with van der Waals surface area (Å²) < 4.78 is 0. The van der Waals surface area contributed by atoms with E-state index < -0.39 is 29.8 Å². The zero-order valence-electron chi connectivity index (χ0n) is 14.1. The van der Waals surface area contributed by atoms with Crippen LogP contribution >= 0.6 is 23.2 Å². The summed E-state index contributed by atoms with van der Waals surface area (Å²) in [6.07, 6.45) is 0. The molecule has 3 amide bonds. The number of nitrogens with zero attached hydrogens (tertiary/aromatic N) is 1. The van der Waals surface area contributed by atoms with Crippen LogP contribution in [0.5, 0.6) is 0 Å². The molecule has 0 unspecified atom stereocenters. The van der Waals surface area contributed by atoms with Crippen molar-refractivity contribution < 1.29 is 14.4 Å². The summed E-state index contributed by atoms with van der Waals surface area (Å²) in [6.45, 7) is 3.29. The summed E-state index contributed by atoms with van der Waals surface area (Å²) in [5.74, 6) is -1.38. The van der Waals surface area contributed by atoms with E-state index in [-0.39, 0.29) is 0 Å². The van der Waals surface area contributed by atoms with Gasteiger partial charge in [-0.3, -0.25) is 19.3 Å². The summed E-state index contributed by atoms with van der Waals surface area (Å²) in [6, 6.07) is 10.2. The average molecular weight is 391 g/mol. The molecule has 0 saturated carbocycles. The van der Waals surface area contributed by atoms with Crippen LogP contribution in [0.3, 0.4) is 0 Å². The van der Waals surface area contributed by atoms with Crippen molar-refractivity contribution in [2.75, 3.05) is 0 Å².